The number of phenols is 1. The number of aromatic hydroxyl groups is 1. The average Bonchev–Trinajstić information content (AvgIpc) is 2.80. The van der Waals surface area contributed by atoms with Crippen LogP contribution in [0.2, 0.25) is 0 Å². The van der Waals surface area contributed by atoms with Crippen molar-refractivity contribution >= 4 is 28.8 Å². The molecule has 2 aliphatic heterocycles. The van der Waals surface area contributed by atoms with Crippen LogP contribution in [0.4, 0.5) is 5.69 Å². The van der Waals surface area contributed by atoms with Crippen molar-refractivity contribution in [2.75, 3.05) is 18.2 Å². The minimum Gasteiger partial charge on any atom is -0.504 e. The molecular weight excluding hydrogens is 458 g/mol. The minimum atomic E-state index is -0.391. The highest BCUT2D eigenvalue weighted by molar-refractivity contribution is 8.02. The maximum Gasteiger partial charge on any atom is 0.172 e. The van der Waals surface area contributed by atoms with Crippen LogP contribution >= 0.6 is 11.8 Å². The Morgan fingerprint density at radius 2 is 1.97 bits per heavy atom. The highest BCUT2D eigenvalue weighted by Gasteiger charge is 2.33. The van der Waals surface area contributed by atoms with Gasteiger partial charge in [-0.05, 0) is 68.9 Å². The molecule has 2 aromatic carbocycles. The number of ether oxygens (including phenoxy) is 2. The second-order valence-corrected chi connectivity index (χ2v) is 10.3. The number of rotatable bonds is 8. The van der Waals surface area contributed by atoms with Gasteiger partial charge in [0.1, 0.15) is 11.5 Å². The van der Waals surface area contributed by atoms with Crippen LogP contribution in [0, 0.1) is 0 Å². The summed E-state index contributed by atoms with van der Waals surface area (Å²) in [5, 5.41) is 25.9. The third kappa shape index (κ3) is 5.14. The summed E-state index contributed by atoms with van der Waals surface area (Å²) < 4.78 is 12.0. The Balaban J connectivity index is 1.74. The molecule has 3 N–H and O–H groups in total. The zero-order valence-electron chi connectivity index (χ0n) is 20.7. The lowest BCUT2D eigenvalue weighted by atomic mass is 9.83. The predicted octanol–water partition coefficient (Wildman–Crippen LogP) is 6.98. The lowest BCUT2D eigenvalue weighted by Crippen LogP contribution is -2.32. The van der Waals surface area contributed by atoms with E-state index in [1.54, 1.807) is 37.1 Å². The molecule has 2 aromatic rings. The normalized spacial score (nSPS) is 17.5. The third-order valence-electron chi connectivity index (χ3n) is 6.08. The zero-order chi connectivity index (χ0) is 25.2. The highest BCUT2D eigenvalue weighted by atomic mass is 32.2. The molecule has 0 radical (unpaired) electrons. The van der Waals surface area contributed by atoms with Gasteiger partial charge in [0.25, 0.3) is 0 Å². The van der Waals surface area contributed by atoms with E-state index < -0.39 is 6.10 Å². The zero-order valence-corrected chi connectivity index (χ0v) is 21.5. The van der Waals surface area contributed by atoms with Gasteiger partial charge in [0, 0.05) is 28.1 Å². The number of phenolic OH excluding ortho intramolecular Hbond substituents is 1. The Morgan fingerprint density at radius 1 is 1.17 bits per heavy atom. The molecule has 0 amide bonds. The van der Waals surface area contributed by atoms with Gasteiger partial charge >= 0.3 is 0 Å². The summed E-state index contributed by atoms with van der Waals surface area (Å²) in [6.07, 6.45) is 8.83. The Kier molecular flexibility index (Phi) is 7.33. The Bertz CT molecular complexity index is 1230. The number of hydrogen-bond donors (Lipinski definition) is 3. The summed E-state index contributed by atoms with van der Waals surface area (Å²) in [4.78, 5) is 0. The number of nitrogens with one attached hydrogen (secondary N) is 1. The van der Waals surface area contributed by atoms with Crippen molar-refractivity contribution in [3.05, 3.63) is 71.7 Å². The van der Waals surface area contributed by atoms with Gasteiger partial charge in [-0.1, -0.05) is 24.3 Å². The summed E-state index contributed by atoms with van der Waals surface area (Å²) in [6.45, 7) is 10.1. The molecule has 2 aliphatic rings. The summed E-state index contributed by atoms with van der Waals surface area (Å²) in [7, 11) is 1.56. The van der Waals surface area contributed by atoms with Gasteiger partial charge in [0.05, 0.1) is 24.3 Å². The van der Waals surface area contributed by atoms with E-state index in [4.69, 9.17) is 9.47 Å². The molecule has 184 valence electrons. The van der Waals surface area contributed by atoms with E-state index in [0.717, 1.165) is 33.7 Å². The smallest absolute Gasteiger partial charge is 0.172 e. The molecule has 0 spiro atoms. The first-order valence-corrected chi connectivity index (χ1v) is 12.8. The predicted molar refractivity (Wildman–Crippen MR) is 147 cm³/mol. The molecule has 1 unspecified atom stereocenters. The van der Waals surface area contributed by atoms with Crippen molar-refractivity contribution in [3.63, 3.8) is 0 Å². The van der Waals surface area contributed by atoms with E-state index in [-0.39, 0.29) is 11.3 Å². The number of anilines is 1. The van der Waals surface area contributed by atoms with E-state index in [1.807, 2.05) is 11.5 Å². The Labute approximate surface area is 211 Å². The molecule has 35 heavy (non-hydrogen) atoms. The standard InChI is InChI=1S/C29H33NO4S/c1-6-8-19(31)9-7-15-35-16-14-24-26-20(27-23(34-24)13-12-22(32)28(27)33-5)10-11-21-25(26)18(2)17-29(3,4)30-21/h6-7,10-15,17,19,30-32H,1,8-9,16H2,2-5H3/b15-7-,24-14-. The van der Waals surface area contributed by atoms with Crippen LogP contribution in [0.15, 0.2) is 60.6 Å². The lowest BCUT2D eigenvalue weighted by Gasteiger charge is -2.35. The van der Waals surface area contributed by atoms with Crippen LogP contribution in [0.1, 0.15) is 44.7 Å². The SMILES string of the molecule is C=CCC(O)C/C=C\SC/C=C1\Oc2ccc(O)c(OC)c2-c2ccc3c(c21)C(C)=CC(C)(C)N3. The molecule has 0 aromatic heterocycles. The molecule has 0 saturated carbocycles. The van der Waals surface area contributed by atoms with Crippen LogP contribution in [-0.2, 0) is 0 Å². The maximum atomic E-state index is 10.5. The van der Waals surface area contributed by atoms with Gasteiger partial charge in [-0.3, -0.25) is 0 Å². The fourth-order valence-electron chi connectivity index (χ4n) is 4.74. The number of aliphatic hydroxyl groups excluding tert-OH is 1. The van der Waals surface area contributed by atoms with Crippen molar-refractivity contribution in [2.45, 2.75) is 45.3 Å². The molecular formula is C29H33NO4S. The summed E-state index contributed by atoms with van der Waals surface area (Å²) in [5.41, 5.74) is 5.86. The van der Waals surface area contributed by atoms with Gasteiger partial charge in [0.2, 0.25) is 0 Å². The van der Waals surface area contributed by atoms with Crippen LogP contribution in [0.25, 0.3) is 22.5 Å². The molecule has 5 nitrogen and oxygen atoms in total. The van der Waals surface area contributed by atoms with Crippen molar-refractivity contribution < 1.29 is 19.7 Å². The van der Waals surface area contributed by atoms with E-state index >= 15 is 0 Å². The molecule has 0 saturated heterocycles. The molecule has 2 heterocycles. The topological polar surface area (TPSA) is 71.0 Å². The molecule has 6 heteroatoms. The van der Waals surface area contributed by atoms with Crippen molar-refractivity contribution in [1.29, 1.82) is 0 Å². The summed E-state index contributed by atoms with van der Waals surface area (Å²) >= 11 is 1.64. The molecule has 0 fully saturated rings. The number of aliphatic hydroxyl groups is 1. The van der Waals surface area contributed by atoms with Gasteiger partial charge in [-0.25, -0.2) is 0 Å². The number of methoxy groups -OCH3 is 1. The third-order valence-corrected chi connectivity index (χ3v) is 6.82. The number of fused-ring (bicyclic) bond motifs is 5. The summed E-state index contributed by atoms with van der Waals surface area (Å²) in [6, 6.07) is 7.54. The van der Waals surface area contributed by atoms with Crippen molar-refractivity contribution in [2.24, 2.45) is 0 Å². The first-order chi connectivity index (χ1) is 16.8. The first-order valence-electron chi connectivity index (χ1n) is 11.7. The molecule has 4 rings (SSSR count). The Hall–Kier alpha value is -3.09. The molecule has 0 aliphatic carbocycles. The van der Waals surface area contributed by atoms with Gasteiger partial charge in [-0.15, -0.1) is 18.3 Å². The summed E-state index contributed by atoms with van der Waals surface area (Å²) in [5.74, 6) is 2.62. The monoisotopic (exact) mass is 491 g/mol. The van der Waals surface area contributed by atoms with Crippen LogP contribution in [-0.4, -0.2) is 34.7 Å². The van der Waals surface area contributed by atoms with E-state index in [9.17, 15) is 10.2 Å². The van der Waals surface area contributed by atoms with E-state index in [0.29, 0.717) is 30.1 Å². The molecule has 0 bridgehead atoms. The fourth-order valence-corrected chi connectivity index (χ4v) is 5.35. The second-order valence-electron chi connectivity index (χ2n) is 9.37. The van der Waals surface area contributed by atoms with Crippen LogP contribution < -0.4 is 14.8 Å². The number of hydrogen-bond acceptors (Lipinski definition) is 6. The van der Waals surface area contributed by atoms with Gasteiger partial charge < -0.3 is 25.0 Å². The Morgan fingerprint density at radius 3 is 2.71 bits per heavy atom. The van der Waals surface area contributed by atoms with E-state index in [1.165, 1.54) is 5.57 Å². The van der Waals surface area contributed by atoms with Crippen molar-refractivity contribution in [1.82, 2.24) is 0 Å². The maximum absolute atomic E-state index is 10.5. The fraction of sp³-hybridized carbons (Fsp3) is 0.310. The second kappa shape index (κ2) is 10.3. The minimum absolute atomic E-state index is 0.0804. The largest absolute Gasteiger partial charge is 0.504 e. The van der Waals surface area contributed by atoms with Crippen LogP contribution in [0.5, 0.6) is 17.2 Å². The average molecular weight is 492 g/mol. The number of benzene rings is 2. The molecule has 1 atom stereocenters. The highest BCUT2D eigenvalue weighted by Crippen LogP contribution is 2.53. The number of thioether (sulfide) groups is 1. The van der Waals surface area contributed by atoms with Gasteiger partial charge in [0.15, 0.2) is 11.5 Å². The first kappa shape index (κ1) is 25.0. The number of allylic oxidation sites excluding steroid dienone is 1. The van der Waals surface area contributed by atoms with Gasteiger partial charge in [-0.2, -0.15) is 0 Å². The van der Waals surface area contributed by atoms with Crippen LogP contribution in [0.3, 0.4) is 0 Å². The van der Waals surface area contributed by atoms with E-state index in [2.05, 4.69) is 57.0 Å². The lowest BCUT2D eigenvalue weighted by molar-refractivity contribution is 0.181. The quantitative estimate of drug-likeness (QED) is 0.273. The van der Waals surface area contributed by atoms with Crippen molar-refractivity contribution in [3.8, 4) is 28.4 Å².